The van der Waals surface area contributed by atoms with Crippen molar-refractivity contribution in [3.05, 3.63) is 106 Å². The van der Waals surface area contributed by atoms with Gasteiger partial charge in [-0.25, -0.2) is 0 Å². The summed E-state index contributed by atoms with van der Waals surface area (Å²) in [5.74, 6) is 0. The van der Waals surface area contributed by atoms with Crippen LogP contribution in [-0.2, 0) is 0 Å². The van der Waals surface area contributed by atoms with Gasteiger partial charge in [0.2, 0.25) is 0 Å². The number of aryl methyl sites for hydroxylation is 6. The van der Waals surface area contributed by atoms with Crippen LogP contribution in [-0.4, -0.2) is 23.9 Å². The molecular formula is C24H29Sn. The molecule has 0 fully saturated rings. The third-order valence-corrected chi connectivity index (χ3v) is 3.26. The average molecular weight is 436 g/mol. The molecule has 0 saturated heterocycles. The first-order chi connectivity index (χ1) is 11.4. The van der Waals surface area contributed by atoms with Gasteiger partial charge in [0, 0.05) is 25.3 Å². The maximum absolute atomic E-state index is 3.17. The van der Waals surface area contributed by atoms with Crippen molar-refractivity contribution in [2.24, 2.45) is 0 Å². The fourth-order valence-electron chi connectivity index (χ4n) is 2.19. The van der Waals surface area contributed by atoms with Crippen LogP contribution in [0.5, 0.6) is 0 Å². The Kier molecular flexibility index (Phi) is 12.0. The van der Waals surface area contributed by atoms with Gasteiger partial charge in [-0.3, -0.25) is 0 Å². The van der Waals surface area contributed by atoms with Crippen molar-refractivity contribution in [2.45, 2.75) is 41.5 Å². The standard InChI is InChI=1S/3C8H9.Sn.H2/c3*1-7-4-3-5-8(2)6-7;;/h3*3-5H,1-2H3;;1H. The average Bonchev–Trinajstić information content (AvgIpc) is 2.47. The van der Waals surface area contributed by atoms with Crippen LogP contribution in [0.4, 0.5) is 0 Å². The first-order valence-electron chi connectivity index (χ1n) is 8.23. The second-order valence-corrected chi connectivity index (χ2v) is 6.05. The van der Waals surface area contributed by atoms with Gasteiger partial charge in [-0.05, 0) is 93.1 Å². The fourth-order valence-corrected chi connectivity index (χ4v) is 2.19. The Bertz CT molecular complexity index is 595. The molecule has 0 unspecified atom stereocenters. The smallest absolute Gasteiger partial charge is 0 e. The monoisotopic (exact) mass is 437 g/mol. The predicted molar refractivity (Wildman–Crippen MR) is 112 cm³/mol. The Labute approximate surface area is 172 Å². The van der Waals surface area contributed by atoms with Gasteiger partial charge < -0.3 is 0 Å². The molecule has 0 aliphatic carbocycles. The summed E-state index contributed by atoms with van der Waals surface area (Å²) in [5.41, 5.74) is 7.28. The van der Waals surface area contributed by atoms with E-state index in [9.17, 15) is 0 Å². The number of benzene rings is 3. The second-order valence-electron chi connectivity index (χ2n) is 6.05. The molecule has 3 aromatic rings. The molecule has 129 valence electrons. The molecule has 0 nitrogen and oxygen atoms in total. The zero-order chi connectivity index (χ0) is 17.9. The molecule has 0 heterocycles. The van der Waals surface area contributed by atoms with E-state index in [1.165, 1.54) is 33.4 Å². The summed E-state index contributed by atoms with van der Waals surface area (Å²) >= 11 is 0. The van der Waals surface area contributed by atoms with Gasteiger partial charge >= 0.3 is 0 Å². The normalized spacial score (nSPS) is 8.88. The number of hydrogen-bond acceptors (Lipinski definition) is 0. The van der Waals surface area contributed by atoms with E-state index in [0.29, 0.717) is 0 Å². The van der Waals surface area contributed by atoms with Crippen LogP contribution in [0.3, 0.4) is 0 Å². The molecule has 3 rings (SSSR count). The van der Waals surface area contributed by atoms with Gasteiger partial charge in [-0.2, -0.15) is 0 Å². The molecule has 0 aliphatic heterocycles. The maximum atomic E-state index is 3.17. The number of hydrogen-bond donors (Lipinski definition) is 0. The Morgan fingerprint density at radius 3 is 0.680 bits per heavy atom. The molecule has 0 bridgehead atoms. The van der Waals surface area contributed by atoms with E-state index in [4.69, 9.17) is 0 Å². The summed E-state index contributed by atoms with van der Waals surface area (Å²) in [6.07, 6.45) is 0. The molecule has 0 amide bonds. The van der Waals surface area contributed by atoms with E-state index in [1.807, 2.05) is 96.1 Å². The Balaban J connectivity index is 0. The molecule has 0 aliphatic rings. The summed E-state index contributed by atoms with van der Waals surface area (Å²) in [7, 11) is 0. The summed E-state index contributed by atoms with van der Waals surface area (Å²) in [6.45, 7) is 12.3. The Morgan fingerprint density at radius 2 is 0.600 bits per heavy atom. The molecule has 0 atom stereocenters. The Hall–Kier alpha value is -1.54. The molecule has 0 saturated carbocycles. The van der Waals surface area contributed by atoms with Crippen LogP contribution in [0.2, 0.25) is 0 Å². The minimum Gasteiger partial charge on any atom is -0.0617 e. The molecule has 0 spiro atoms. The van der Waals surface area contributed by atoms with Crippen molar-refractivity contribution < 1.29 is 1.43 Å². The van der Waals surface area contributed by atoms with Gasteiger partial charge in [-0.1, -0.05) is 54.6 Å². The first kappa shape index (κ1) is 23.5. The van der Waals surface area contributed by atoms with Crippen LogP contribution in [0, 0.1) is 59.7 Å². The molecule has 25 heavy (non-hydrogen) atoms. The molecule has 0 aromatic heterocycles. The largest absolute Gasteiger partial charge is 0.0617 e. The van der Waals surface area contributed by atoms with Crippen LogP contribution in [0.25, 0.3) is 0 Å². The van der Waals surface area contributed by atoms with Gasteiger partial charge in [0.05, 0.1) is 0 Å². The zero-order valence-corrected chi connectivity index (χ0v) is 19.1. The molecule has 3 aromatic carbocycles. The van der Waals surface area contributed by atoms with Crippen molar-refractivity contribution >= 4 is 23.9 Å². The maximum Gasteiger partial charge on any atom is 0 e. The van der Waals surface area contributed by atoms with Crippen molar-refractivity contribution in [1.29, 1.82) is 0 Å². The van der Waals surface area contributed by atoms with E-state index in [0.717, 1.165) is 0 Å². The fraction of sp³-hybridized carbons (Fsp3) is 0.250. The van der Waals surface area contributed by atoms with Gasteiger partial charge in [-0.15, -0.1) is 0 Å². The second kappa shape index (κ2) is 12.8. The van der Waals surface area contributed by atoms with Crippen molar-refractivity contribution in [2.75, 3.05) is 0 Å². The van der Waals surface area contributed by atoms with Crippen LogP contribution in [0.1, 0.15) is 34.8 Å². The van der Waals surface area contributed by atoms with E-state index in [2.05, 4.69) is 18.2 Å². The third-order valence-electron chi connectivity index (χ3n) is 3.26. The summed E-state index contributed by atoms with van der Waals surface area (Å²) in [5, 5.41) is 0. The minimum atomic E-state index is 0. The SMILES string of the molecule is Cc1[c]c(C)ccc1.Cc1[c]c(C)ccc1.Cc1[c]c(C)ccc1.[HH].[Sn]. The van der Waals surface area contributed by atoms with E-state index in [-0.39, 0.29) is 25.3 Å². The summed E-state index contributed by atoms with van der Waals surface area (Å²) in [6, 6.07) is 27.9. The minimum absolute atomic E-state index is 0. The van der Waals surface area contributed by atoms with E-state index in [1.54, 1.807) is 0 Å². The summed E-state index contributed by atoms with van der Waals surface area (Å²) in [4.78, 5) is 0. The van der Waals surface area contributed by atoms with E-state index < -0.39 is 0 Å². The molecule has 1 heteroatoms. The van der Waals surface area contributed by atoms with Crippen LogP contribution in [0.15, 0.2) is 54.6 Å². The van der Waals surface area contributed by atoms with Crippen LogP contribution >= 0.6 is 0 Å². The van der Waals surface area contributed by atoms with Crippen LogP contribution < -0.4 is 0 Å². The van der Waals surface area contributed by atoms with Crippen molar-refractivity contribution in [3.8, 4) is 0 Å². The predicted octanol–water partition coefficient (Wildman–Crippen LogP) is 6.18. The number of rotatable bonds is 0. The zero-order valence-electron chi connectivity index (χ0n) is 16.2. The van der Waals surface area contributed by atoms with Crippen molar-refractivity contribution in [1.82, 2.24) is 0 Å². The van der Waals surface area contributed by atoms with Gasteiger partial charge in [0.25, 0.3) is 0 Å². The first-order valence-corrected chi connectivity index (χ1v) is 8.23. The van der Waals surface area contributed by atoms with E-state index >= 15 is 0 Å². The molecule has 0 N–H and O–H groups in total. The Morgan fingerprint density at radius 1 is 0.440 bits per heavy atom. The van der Waals surface area contributed by atoms with Crippen molar-refractivity contribution in [3.63, 3.8) is 0 Å². The summed E-state index contributed by atoms with van der Waals surface area (Å²) < 4.78 is 0. The molecular weight excluding hydrogens is 407 g/mol. The quantitative estimate of drug-likeness (QED) is 0.370. The topological polar surface area (TPSA) is 0 Å². The van der Waals surface area contributed by atoms with Gasteiger partial charge in [0.1, 0.15) is 0 Å². The van der Waals surface area contributed by atoms with Gasteiger partial charge in [0.15, 0.2) is 0 Å². The third kappa shape index (κ3) is 11.6. The molecule has 7 radical (unpaired) electrons.